The highest BCUT2D eigenvalue weighted by molar-refractivity contribution is 7.90. The molecule has 0 amide bonds. The van der Waals surface area contributed by atoms with Crippen LogP contribution in [0.3, 0.4) is 0 Å². The van der Waals surface area contributed by atoms with Crippen LogP contribution in [0.5, 0.6) is 0 Å². The van der Waals surface area contributed by atoms with Crippen molar-refractivity contribution in [1.82, 2.24) is 9.78 Å². The van der Waals surface area contributed by atoms with Crippen molar-refractivity contribution in [3.63, 3.8) is 0 Å². The zero-order valence-electron chi connectivity index (χ0n) is 16.8. The number of halogens is 1. The summed E-state index contributed by atoms with van der Waals surface area (Å²) in [6.07, 6.45) is 1.15. The third kappa shape index (κ3) is 4.61. The molecule has 0 aliphatic rings. The molecule has 0 saturated carbocycles. The summed E-state index contributed by atoms with van der Waals surface area (Å²) in [5.74, 6) is 0. The van der Waals surface area contributed by atoms with Crippen LogP contribution in [0.15, 0.2) is 88.7 Å². The minimum Gasteiger partial charge on any atom is -0.232 e. The summed E-state index contributed by atoms with van der Waals surface area (Å²) < 4.78 is 48.4. The maximum absolute atomic E-state index is 11.8. The van der Waals surface area contributed by atoms with E-state index in [2.05, 4.69) is 5.10 Å². The molecule has 3 aromatic carbocycles. The van der Waals surface area contributed by atoms with Gasteiger partial charge in [-0.25, -0.2) is 26.7 Å². The quantitative estimate of drug-likeness (QED) is 0.458. The molecular weight excluding hydrogens is 470 g/mol. The highest BCUT2D eigenvalue weighted by Crippen LogP contribution is 2.30. The summed E-state index contributed by atoms with van der Waals surface area (Å²) in [4.78, 5) is 0.218. The van der Waals surface area contributed by atoms with Gasteiger partial charge in [-0.3, -0.25) is 0 Å². The topological polar surface area (TPSA) is 112 Å². The Morgan fingerprint density at radius 2 is 1.31 bits per heavy atom. The Labute approximate surface area is 191 Å². The van der Waals surface area contributed by atoms with Crippen molar-refractivity contribution in [3.8, 4) is 28.2 Å². The number of hydrogen-bond donors (Lipinski definition) is 1. The standard InChI is InChI=1S/C22H18ClN3O4S2/c1-31(27,28)19-10-4-15(5-11-19)21-14-22(16-2-6-17(23)7-3-16)26(25-21)18-8-12-20(13-9-18)32(24,29)30/h2-14H,1H3,(H2,24,29,30). The van der Waals surface area contributed by atoms with E-state index in [0.29, 0.717) is 16.4 Å². The molecule has 4 rings (SSSR count). The highest BCUT2D eigenvalue weighted by atomic mass is 35.5. The summed E-state index contributed by atoms with van der Waals surface area (Å²) in [6.45, 7) is 0. The summed E-state index contributed by atoms with van der Waals surface area (Å²) in [5.41, 5.74) is 3.56. The number of nitrogens with zero attached hydrogens (tertiary/aromatic N) is 2. The monoisotopic (exact) mass is 487 g/mol. The fraction of sp³-hybridized carbons (Fsp3) is 0.0455. The molecule has 7 nitrogen and oxygen atoms in total. The molecule has 0 fully saturated rings. The predicted molar refractivity (Wildman–Crippen MR) is 124 cm³/mol. The number of nitrogens with two attached hydrogens (primary N) is 1. The van der Waals surface area contributed by atoms with E-state index < -0.39 is 19.9 Å². The van der Waals surface area contributed by atoms with E-state index in [-0.39, 0.29) is 9.79 Å². The average Bonchev–Trinajstić information content (AvgIpc) is 3.19. The smallest absolute Gasteiger partial charge is 0.232 e. The lowest BCUT2D eigenvalue weighted by atomic mass is 10.1. The van der Waals surface area contributed by atoms with E-state index in [1.807, 2.05) is 18.2 Å². The molecule has 4 aromatic rings. The van der Waals surface area contributed by atoms with E-state index in [0.717, 1.165) is 23.1 Å². The molecular formula is C22H18ClN3O4S2. The molecule has 164 valence electrons. The summed E-state index contributed by atoms with van der Waals surface area (Å²) >= 11 is 6.03. The zero-order valence-corrected chi connectivity index (χ0v) is 19.2. The summed E-state index contributed by atoms with van der Waals surface area (Å²) in [7, 11) is -7.12. The van der Waals surface area contributed by atoms with Crippen LogP contribution in [0.2, 0.25) is 5.02 Å². The fourth-order valence-electron chi connectivity index (χ4n) is 3.20. The Bertz CT molecular complexity index is 1490. The first kappa shape index (κ1) is 22.2. The molecule has 32 heavy (non-hydrogen) atoms. The molecule has 0 radical (unpaired) electrons. The van der Waals surface area contributed by atoms with E-state index in [1.54, 1.807) is 41.1 Å². The molecule has 2 N–H and O–H groups in total. The van der Waals surface area contributed by atoms with Crippen LogP contribution in [-0.4, -0.2) is 32.9 Å². The van der Waals surface area contributed by atoms with Crippen molar-refractivity contribution in [2.75, 3.05) is 6.26 Å². The Hall–Kier alpha value is -2.98. The number of sulfone groups is 1. The van der Waals surface area contributed by atoms with Gasteiger partial charge in [0.05, 0.1) is 26.9 Å². The summed E-state index contributed by atoms with van der Waals surface area (Å²) in [6, 6.07) is 21.6. The first-order valence-electron chi connectivity index (χ1n) is 9.32. The molecule has 1 heterocycles. The number of aromatic nitrogens is 2. The van der Waals surface area contributed by atoms with Gasteiger partial charge in [0.15, 0.2) is 9.84 Å². The zero-order chi connectivity index (χ0) is 23.1. The molecule has 1 aromatic heterocycles. The summed E-state index contributed by atoms with van der Waals surface area (Å²) in [5, 5.41) is 10.5. The molecule has 0 bridgehead atoms. The Kier molecular flexibility index (Phi) is 5.68. The van der Waals surface area contributed by atoms with Crippen molar-refractivity contribution < 1.29 is 16.8 Å². The maximum atomic E-state index is 11.8. The van der Waals surface area contributed by atoms with Crippen LogP contribution in [-0.2, 0) is 19.9 Å². The van der Waals surface area contributed by atoms with Crippen molar-refractivity contribution in [2.45, 2.75) is 9.79 Å². The van der Waals surface area contributed by atoms with Gasteiger partial charge in [0.2, 0.25) is 10.0 Å². The van der Waals surface area contributed by atoms with Gasteiger partial charge >= 0.3 is 0 Å². The first-order valence-corrected chi connectivity index (χ1v) is 13.1. The van der Waals surface area contributed by atoms with Crippen molar-refractivity contribution >= 4 is 31.5 Å². The van der Waals surface area contributed by atoms with Gasteiger partial charge in [-0.2, -0.15) is 5.10 Å². The maximum Gasteiger partial charge on any atom is 0.238 e. The third-order valence-electron chi connectivity index (χ3n) is 4.84. The van der Waals surface area contributed by atoms with Gasteiger partial charge in [0, 0.05) is 22.4 Å². The predicted octanol–water partition coefficient (Wildman–Crippen LogP) is 3.91. The van der Waals surface area contributed by atoms with Gasteiger partial charge in [-0.15, -0.1) is 0 Å². The number of hydrogen-bond acceptors (Lipinski definition) is 5. The minimum absolute atomic E-state index is 0.00182. The Morgan fingerprint density at radius 1 is 0.781 bits per heavy atom. The molecule has 10 heteroatoms. The lowest BCUT2D eigenvalue weighted by molar-refractivity contribution is 0.597. The fourth-order valence-corrected chi connectivity index (χ4v) is 4.47. The number of sulfonamides is 1. The van der Waals surface area contributed by atoms with Gasteiger partial charge in [-0.1, -0.05) is 35.9 Å². The minimum atomic E-state index is -3.82. The molecule has 0 aliphatic heterocycles. The Balaban J connectivity index is 1.85. The van der Waals surface area contributed by atoms with Crippen molar-refractivity contribution in [2.24, 2.45) is 5.14 Å². The van der Waals surface area contributed by atoms with Crippen LogP contribution >= 0.6 is 11.6 Å². The van der Waals surface area contributed by atoms with E-state index in [4.69, 9.17) is 16.7 Å². The largest absolute Gasteiger partial charge is 0.238 e. The molecule has 0 saturated heterocycles. The van der Waals surface area contributed by atoms with Crippen molar-refractivity contribution in [1.29, 1.82) is 0 Å². The van der Waals surface area contributed by atoms with E-state index in [9.17, 15) is 16.8 Å². The Morgan fingerprint density at radius 3 is 1.84 bits per heavy atom. The van der Waals surface area contributed by atoms with E-state index >= 15 is 0 Å². The second-order valence-electron chi connectivity index (χ2n) is 7.17. The molecule has 0 spiro atoms. The third-order valence-corrected chi connectivity index (χ3v) is 7.15. The lowest BCUT2D eigenvalue weighted by Crippen LogP contribution is -2.12. The van der Waals surface area contributed by atoms with Gasteiger partial charge in [0.25, 0.3) is 0 Å². The van der Waals surface area contributed by atoms with Gasteiger partial charge < -0.3 is 0 Å². The van der Waals surface area contributed by atoms with Crippen LogP contribution in [0.4, 0.5) is 0 Å². The van der Waals surface area contributed by atoms with Crippen LogP contribution in [0, 0.1) is 0 Å². The molecule has 0 atom stereocenters. The lowest BCUT2D eigenvalue weighted by Gasteiger charge is -2.08. The number of rotatable bonds is 5. The molecule has 0 aliphatic carbocycles. The van der Waals surface area contributed by atoms with Crippen molar-refractivity contribution in [3.05, 3.63) is 83.9 Å². The number of benzene rings is 3. The number of primary sulfonamides is 1. The van der Waals surface area contributed by atoms with Gasteiger partial charge in [0.1, 0.15) is 0 Å². The normalized spacial score (nSPS) is 12.1. The van der Waals surface area contributed by atoms with Gasteiger partial charge in [-0.05, 0) is 54.6 Å². The second kappa shape index (κ2) is 8.18. The van der Waals surface area contributed by atoms with Crippen LogP contribution in [0.1, 0.15) is 0 Å². The van der Waals surface area contributed by atoms with Crippen LogP contribution in [0.25, 0.3) is 28.2 Å². The first-order chi connectivity index (χ1) is 15.0. The average molecular weight is 488 g/mol. The second-order valence-corrected chi connectivity index (χ2v) is 11.2. The van der Waals surface area contributed by atoms with Crippen LogP contribution < -0.4 is 5.14 Å². The molecule has 0 unspecified atom stereocenters. The van der Waals surface area contributed by atoms with E-state index in [1.165, 1.54) is 24.3 Å². The SMILES string of the molecule is CS(=O)(=O)c1ccc(-c2cc(-c3ccc(Cl)cc3)n(-c3ccc(S(N)(=O)=O)cc3)n2)cc1. The highest BCUT2D eigenvalue weighted by Gasteiger charge is 2.15.